The molecule has 0 bridgehead atoms. The van der Waals surface area contributed by atoms with Gasteiger partial charge in [0.25, 0.3) is 0 Å². The Kier molecular flexibility index (Phi) is 5.97. The highest BCUT2D eigenvalue weighted by atomic mass is 16.5. The summed E-state index contributed by atoms with van der Waals surface area (Å²) in [6.07, 6.45) is 0.416. The highest BCUT2D eigenvalue weighted by molar-refractivity contribution is 5.97. The molecule has 174 valence electrons. The van der Waals surface area contributed by atoms with E-state index in [-0.39, 0.29) is 11.8 Å². The number of aryl methyl sites for hydroxylation is 1. The van der Waals surface area contributed by atoms with Gasteiger partial charge in [0.15, 0.2) is 0 Å². The number of rotatable bonds is 7. The zero-order valence-corrected chi connectivity index (χ0v) is 19.8. The van der Waals surface area contributed by atoms with Crippen LogP contribution in [0.3, 0.4) is 0 Å². The van der Waals surface area contributed by atoms with Crippen LogP contribution in [-0.2, 0) is 11.3 Å². The Morgan fingerprint density at radius 1 is 0.971 bits per heavy atom. The van der Waals surface area contributed by atoms with Crippen molar-refractivity contribution in [2.24, 2.45) is 0 Å². The van der Waals surface area contributed by atoms with Crippen molar-refractivity contribution in [2.45, 2.75) is 32.7 Å². The molecule has 1 aliphatic heterocycles. The highest BCUT2D eigenvalue weighted by Crippen LogP contribution is 2.37. The van der Waals surface area contributed by atoms with Gasteiger partial charge in [-0.3, -0.25) is 4.79 Å². The number of ether oxygens (including phenoxy) is 2. The minimum absolute atomic E-state index is 0.00878. The molecule has 5 rings (SSSR count). The summed E-state index contributed by atoms with van der Waals surface area (Å²) in [7, 11) is 1.63. The van der Waals surface area contributed by atoms with Crippen LogP contribution in [-0.4, -0.2) is 35.7 Å². The van der Waals surface area contributed by atoms with Gasteiger partial charge in [-0.1, -0.05) is 36.4 Å². The van der Waals surface area contributed by atoms with E-state index in [0.717, 1.165) is 33.9 Å². The van der Waals surface area contributed by atoms with Crippen molar-refractivity contribution in [1.82, 2.24) is 9.55 Å². The third-order valence-corrected chi connectivity index (χ3v) is 6.68. The minimum atomic E-state index is -0.00878. The van der Waals surface area contributed by atoms with Crippen LogP contribution in [0.4, 0.5) is 5.69 Å². The monoisotopic (exact) mass is 455 g/mol. The lowest BCUT2D eigenvalue weighted by molar-refractivity contribution is -0.117. The van der Waals surface area contributed by atoms with Gasteiger partial charge < -0.3 is 18.9 Å². The van der Waals surface area contributed by atoms with E-state index in [1.165, 1.54) is 5.56 Å². The average molecular weight is 456 g/mol. The van der Waals surface area contributed by atoms with Crippen LogP contribution in [0.2, 0.25) is 0 Å². The molecule has 6 nitrogen and oxygen atoms in total. The van der Waals surface area contributed by atoms with E-state index in [1.54, 1.807) is 7.11 Å². The van der Waals surface area contributed by atoms with E-state index < -0.39 is 0 Å². The Morgan fingerprint density at radius 2 is 1.74 bits per heavy atom. The van der Waals surface area contributed by atoms with Crippen molar-refractivity contribution in [3.05, 3.63) is 83.7 Å². The Labute approximate surface area is 199 Å². The molecule has 0 spiro atoms. The molecule has 0 aliphatic carbocycles. The zero-order valence-electron chi connectivity index (χ0n) is 19.8. The number of hydrogen-bond acceptors (Lipinski definition) is 4. The molecule has 1 aromatic heterocycles. The summed E-state index contributed by atoms with van der Waals surface area (Å²) in [5, 5.41) is 0. The zero-order chi connectivity index (χ0) is 23.7. The summed E-state index contributed by atoms with van der Waals surface area (Å²) in [6.45, 7) is 5.92. The van der Waals surface area contributed by atoms with Crippen molar-refractivity contribution in [1.29, 1.82) is 0 Å². The summed E-state index contributed by atoms with van der Waals surface area (Å²) >= 11 is 0. The molecule has 1 saturated heterocycles. The van der Waals surface area contributed by atoms with Gasteiger partial charge in [-0.2, -0.15) is 0 Å². The summed E-state index contributed by atoms with van der Waals surface area (Å²) in [4.78, 5) is 19.8. The molecule has 0 N–H and O–H groups in total. The molecule has 4 aromatic rings. The molecule has 1 amide bonds. The number of nitrogens with zero attached hydrogens (tertiary/aromatic N) is 3. The lowest BCUT2D eigenvalue weighted by atomic mass is 10.1. The van der Waals surface area contributed by atoms with Crippen LogP contribution >= 0.6 is 0 Å². The fourth-order valence-electron chi connectivity index (χ4n) is 4.73. The van der Waals surface area contributed by atoms with Gasteiger partial charge in [0.05, 0.1) is 30.4 Å². The second kappa shape index (κ2) is 9.21. The quantitative estimate of drug-likeness (QED) is 0.381. The Bertz CT molecular complexity index is 1340. The van der Waals surface area contributed by atoms with Gasteiger partial charge in [-0.05, 0) is 55.3 Å². The van der Waals surface area contributed by atoms with E-state index in [4.69, 9.17) is 14.5 Å². The highest BCUT2D eigenvalue weighted by Gasteiger charge is 2.35. The maximum absolute atomic E-state index is 13.0. The van der Waals surface area contributed by atoms with E-state index in [2.05, 4.69) is 30.5 Å². The lowest BCUT2D eigenvalue weighted by Gasteiger charge is -2.20. The summed E-state index contributed by atoms with van der Waals surface area (Å²) in [5.41, 5.74) is 5.18. The first-order valence-corrected chi connectivity index (χ1v) is 11.6. The van der Waals surface area contributed by atoms with Crippen LogP contribution < -0.4 is 14.4 Å². The first-order chi connectivity index (χ1) is 16.6. The van der Waals surface area contributed by atoms with Crippen molar-refractivity contribution in [3.8, 4) is 11.5 Å². The Morgan fingerprint density at radius 3 is 2.59 bits per heavy atom. The van der Waals surface area contributed by atoms with Gasteiger partial charge in [-0.15, -0.1) is 0 Å². The first-order valence-electron chi connectivity index (χ1n) is 11.6. The number of fused-ring (bicyclic) bond motifs is 1. The number of anilines is 1. The number of aromatic nitrogens is 2. The predicted molar refractivity (Wildman–Crippen MR) is 134 cm³/mol. The fourth-order valence-corrected chi connectivity index (χ4v) is 4.73. The molecule has 1 atom stereocenters. The van der Waals surface area contributed by atoms with Gasteiger partial charge in [0.2, 0.25) is 5.91 Å². The number of para-hydroxylation sites is 4. The van der Waals surface area contributed by atoms with Crippen LogP contribution in [0.15, 0.2) is 66.7 Å². The molecule has 1 fully saturated rings. The van der Waals surface area contributed by atoms with Crippen molar-refractivity contribution < 1.29 is 14.3 Å². The molecule has 1 unspecified atom stereocenters. The molecule has 0 radical (unpaired) electrons. The molecule has 1 aliphatic rings. The normalized spacial score (nSPS) is 15.8. The fraction of sp³-hybridized carbons (Fsp3) is 0.286. The van der Waals surface area contributed by atoms with Crippen LogP contribution in [0.25, 0.3) is 11.0 Å². The number of amides is 1. The summed E-state index contributed by atoms with van der Waals surface area (Å²) < 4.78 is 13.9. The molecular weight excluding hydrogens is 426 g/mol. The standard InChI is InChI=1S/C28H29N3O3/c1-19-9-8-14-25(20(19)2)34-16-15-30-23-11-5-4-10-22(23)29-28(30)21-17-27(32)31(18-21)24-12-6-7-13-26(24)33-3/h4-14,21H,15-18H2,1-3H3. The number of methoxy groups -OCH3 is 1. The van der Waals surface area contributed by atoms with E-state index >= 15 is 0 Å². The van der Waals surface area contributed by atoms with Gasteiger partial charge in [0.1, 0.15) is 23.9 Å². The SMILES string of the molecule is COc1ccccc1N1CC(c2nc3ccccc3n2CCOc2cccc(C)c2C)CC1=O. The van der Waals surface area contributed by atoms with Crippen molar-refractivity contribution in [2.75, 3.05) is 25.2 Å². The van der Waals surface area contributed by atoms with Crippen molar-refractivity contribution >= 4 is 22.6 Å². The third-order valence-electron chi connectivity index (χ3n) is 6.68. The van der Waals surface area contributed by atoms with Crippen LogP contribution in [0, 0.1) is 13.8 Å². The minimum Gasteiger partial charge on any atom is -0.495 e. The maximum atomic E-state index is 13.0. The van der Waals surface area contributed by atoms with Crippen LogP contribution in [0.1, 0.15) is 29.3 Å². The maximum Gasteiger partial charge on any atom is 0.227 e. The smallest absolute Gasteiger partial charge is 0.227 e. The molecule has 34 heavy (non-hydrogen) atoms. The second-order valence-electron chi connectivity index (χ2n) is 8.73. The van der Waals surface area contributed by atoms with E-state index in [9.17, 15) is 4.79 Å². The molecular formula is C28H29N3O3. The number of carbonyl (C=O) groups is 1. The largest absolute Gasteiger partial charge is 0.495 e. The van der Waals surface area contributed by atoms with Crippen LogP contribution in [0.5, 0.6) is 11.5 Å². The Balaban J connectivity index is 1.42. The second-order valence-corrected chi connectivity index (χ2v) is 8.73. The van der Waals surface area contributed by atoms with Gasteiger partial charge >= 0.3 is 0 Å². The number of imidazole rings is 1. The topological polar surface area (TPSA) is 56.6 Å². The lowest BCUT2D eigenvalue weighted by Crippen LogP contribution is -2.25. The molecule has 3 aromatic carbocycles. The number of benzene rings is 3. The van der Waals surface area contributed by atoms with E-state index in [1.807, 2.05) is 59.5 Å². The summed E-state index contributed by atoms with van der Waals surface area (Å²) in [5.74, 6) is 2.61. The van der Waals surface area contributed by atoms with Gasteiger partial charge in [-0.25, -0.2) is 4.98 Å². The third kappa shape index (κ3) is 4.00. The molecule has 6 heteroatoms. The first kappa shape index (κ1) is 22.0. The van der Waals surface area contributed by atoms with Gasteiger partial charge in [0, 0.05) is 18.9 Å². The van der Waals surface area contributed by atoms with E-state index in [0.29, 0.717) is 31.9 Å². The predicted octanol–water partition coefficient (Wildman–Crippen LogP) is 5.26. The Hall–Kier alpha value is -3.80. The molecule has 2 heterocycles. The van der Waals surface area contributed by atoms with Crippen molar-refractivity contribution in [3.63, 3.8) is 0 Å². The molecule has 0 saturated carbocycles. The number of carbonyl (C=O) groups excluding carboxylic acids is 1. The average Bonchev–Trinajstić information content (AvgIpc) is 3.42. The summed E-state index contributed by atoms with van der Waals surface area (Å²) in [6, 6.07) is 21.9. The number of hydrogen-bond donors (Lipinski definition) is 0.